The highest BCUT2D eigenvalue weighted by Crippen LogP contribution is 2.16. The summed E-state index contributed by atoms with van der Waals surface area (Å²) in [7, 11) is 0. The lowest BCUT2D eigenvalue weighted by atomic mass is 10.4. The predicted octanol–water partition coefficient (Wildman–Crippen LogP) is 1.05. The van der Waals surface area contributed by atoms with Crippen LogP contribution in [-0.4, -0.2) is 0 Å². The maximum Gasteiger partial charge on any atom is 0.0254 e. The fourth-order valence-corrected chi connectivity index (χ4v) is 0.706. The molecular weight excluding hydrogens is 106 g/mol. The van der Waals surface area contributed by atoms with E-state index in [2.05, 4.69) is 12.6 Å². The monoisotopic (exact) mass is 113 g/mol. The smallest absolute Gasteiger partial charge is 0.0254 e. The highest BCUT2D eigenvalue weighted by molar-refractivity contribution is 7.84. The lowest BCUT2D eigenvalue weighted by Gasteiger charge is -1.87. The van der Waals surface area contributed by atoms with Crippen molar-refractivity contribution in [3.63, 3.8) is 0 Å². The Hall–Kier alpha value is -0.370. The Morgan fingerprint density at radius 3 is 2.57 bits per heavy atom. The van der Waals surface area contributed by atoms with Gasteiger partial charge in [-0.05, 0) is 0 Å². The maximum absolute atomic E-state index is 5.42. The van der Waals surface area contributed by atoms with E-state index in [1.165, 1.54) is 0 Å². The minimum Gasteiger partial charge on any atom is -0.401 e. The molecule has 0 fully saturated rings. The zero-order valence-corrected chi connectivity index (χ0v) is 4.78. The number of thiol groups is 1. The number of allylic oxidation sites excluding steroid dienone is 2. The van der Waals surface area contributed by atoms with E-state index < -0.39 is 0 Å². The van der Waals surface area contributed by atoms with Gasteiger partial charge in [0.1, 0.15) is 0 Å². The number of hydrogen-bond donors (Lipinski definition) is 2. The van der Waals surface area contributed by atoms with Crippen molar-refractivity contribution in [3.05, 3.63) is 22.8 Å². The van der Waals surface area contributed by atoms with E-state index in [0.29, 0.717) is 0 Å². The van der Waals surface area contributed by atoms with Crippen LogP contribution < -0.4 is 5.73 Å². The molecule has 7 heavy (non-hydrogen) atoms. The molecule has 1 aliphatic carbocycles. The second kappa shape index (κ2) is 1.62. The van der Waals surface area contributed by atoms with E-state index >= 15 is 0 Å². The summed E-state index contributed by atoms with van der Waals surface area (Å²) in [5.41, 5.74) is 6.30. The number of rotatable bonds is 0. The average Bonchev–Trinajstić information content (AvgIpc) is 1.91. The summed E-state index contributed by atoms with van der Waals surface area (Å²) in [6.07, 6.45) is 4.79. The maximum atomic E-state index is 5.42. The standard InChI is InChI=1S/C5H7NS/c6-4-2-1-3-5(4)7/h1,3,7H,2,6H2. The van der Waals surface area contributed by atoms with E-state index in [4.69, 9.17) is 5.73 Å². The fourth-order valence-electron chi connectivity index (χ4n) is 0.509. The van der Waals surface area contributed by atoms with Crippen LogP contribution in [0.25, 0.3) is 0 Å². The molecule has 0 aromatic heterocycles. The Labute approximate surface area is 48.3 Å². The SMILES string of the molecule is NC1=C(S)C=CC1. The third kappa shape index (κ3) is 0.800. The van der Waals surface area contributed by atoms with Gasteiger partial charge in [0.2, 0.25) is 0 Å². The molecule has 1 nitrogen and oxygen atoms in total. The predicted molar refractivity (Wildman–Crippen MR) is 34.0 cm³/mol. The van der Waals surface area contributed by atoms with Gasteiger partial charge in [0, 0.05) is 17.0 Å². The van der Waals surface area contributed by atoms with Gasteiger partial charge in [0.25, 0.3) is 0 Å². The first-order valence-corrected chi connectivity index (χ1v) is 2.59. The van der Waals surface area contributed by atoms with Crippen LogP contribution in [0, 0.1) is 0 Å². The fraction of sp³-hybridized carbons (Fsp3) is 0.200. The van der Waals surface area contributed by atoms with Crippen LogP contribution in [0.3, 0.4) is 0 Å². The summed E-state index contributed by atoms with van der Waals surface area (Å²) in [5.74, 6) is 0. The van der Waals surface area contributed by atoms with Crippen molar-refractivity contribution in [2.75, 3.05) is 0 Å². The minimum absolute atomic E-state index is 0.874. The summed E-state index contributed by atoms with van der Waals surface area (Å²) < 4.78 is 0. The van der Waals surface area contributed by atoms with Crippen LogP contribution in [0.4, 0.5) is 0 Å². The first-order chi connectivity index (χ1) is 3.30. The Morgan fingerprint density at radius 1 is 1.71 bits per heavy atom. The molecule has 2 N–H and O–H groups in total. The molecule has 0 amide bonds. The van der Waals surface area contributed by atoms with Gasteiger partial charge in [-0.25, -0.2) is 0 Å². The van der Waals surface area contributed by atoms with Crippen LogP contribution >= 0.6 is 12.6 Å². The van der Waals surface area contributed by atoms with Gasteiger partial charge in [-0.2, -0.15) is 0 Å². The van der Waals surface area contributed by atoms with E-state index in [9.17, 15) is 0 Å². The van der Waals surface area contributed by atoms with Crippen LogP contribution in [0.2, 0.25) is 0 Å². The van der Waals surface area contributed by atoms with Gasteiger partial charge in [0.15, 0.2) is 0 Å². The molecule has 1 aliphatic rings. The quantitative estimate of drug-likeness (QED) is 0.451. The Kier molecular flexibility index (Phi) is 1.11. The van der Waals surface area contributed by atoms with Crippen molar-refractivity contribution >= 4 is 12.6 Å². The van der Waals surface area contributed by atoms with Crippen molar-refractivity contribution < 1.29 is 0 Å². The molecule has 0 radical (unpaired) electrons. The molecule has 0 atom stereocenters. The first kappa shape index (κ1) is 4.78. The molecular formula is C5H7NS. The van der Waals surface area contributed by atoms with Gasteiger partial charge in [0.05, 0.1) is 0 Å². The average molecular weight is 113 g/mol. The summed E-state index contributed by atoms with van der Waals surface area (Å²) in [6.45, 7) is 0. The van der Waals surface area contributed by atoms with Crippen LogP contribution in [0.15, 0.2) is 22.8 Å². The molecule has 0 aromatic carbocycles. The van der Waals surface area contributed by atoms with Gasteiger partial charge in [-0.1, -0.05) is 12.2 Å². The lowest BCUT2D eigenvalue weighted by Crippen LogP contribution is -1.92. The summed E-state index contributed by atoms with van der Waals surface area (Å²) in [6, 6.07) is 0. The van der Waals surface area contributed by atoms with Crippen LogP contribution in [0.1, 0.15) is 6.42 Å². The molecule has 2 heteroatoms. The Balaban J connectivity index is 2.79. The normalized spacial score (nSPS) is 19.0. The molecule has 0 heterocycles. The number of nitrogens with two attached hydrogens (primary N) is 1. The second-order valence-corrected chi connectivity index (χ2v) is 2.00. The molecule has 0 aromatic rings. The van der Waals surface area contributed by atoms with Crippen LogP contribution in [-0.2, 0) is 0 Å². The van der Waals surface area contributed by atoms with Crippen LogP contribution in [0.5, 0.6) is 0 Å². The molecule has 1 rings (SSSR count). The molecule has 0 saturated carbocycles. The van der Waals surface area contributed by atoms with Crippen molar-refractivity contribution in [2.45, 2.75) is 6.42 Å². The van der Waals surface area contributed by atoms with Gasteiger partial charge in [-0.15, -0.1) is 12.6 Å². The highest BCUT2D eigenvalue weighted by Gasteiger charge is 1.97. The molecule has 38 valence electrons. The third-order valence-electron chi connectivity index (χ3n) is 0.942. The topological polar surface area (TPSA) is 26.0 Å². The Bertz CT molecular complexity index is 135. The first-order valence-electron chi connectivity index (χ1n) is 2.15. The zero-order chi connectivity index (χ0) is 5.28. The third-order valence-corrected chi connectivity index (χ3v) is 1.38. The lowest BCUT2D eigenvalue weighted by molar-refractivity contribution is 1.20. The molecule has 0 bridgehead atoms. The minimum atomic E-state index is 0.874. The highest BCUT2D eigenvalue weighted by atomic mass is 32.1. The van der Waals surface area contributed by atoms with E-state index in [1.807, 2.05) is 12.2 Å². The van der Waals surface area contributed by atoms with E-state index in [1.54, 1.807) is 0 Å². The van der Waals surface area contributed by atoms with Gasteiger partial charge in [-0.3, -0.25) is 0 Å². The zero-order valence-electron chi connectivity index (χ0n) is 3.89. The molecule has 0 unspecified atom stereocenters. The largest absolute Gasteiger partial charge is 0.401 e. The van der Waals surface area contributed by atoms with Crippen molar-refractivity contribution in [1.82, 2.24) is 0 Å². The van der Waals surface area contributed by atoms with Gasteiger partial charge < -0.3 is 5.73 Å². The Morgan fingerprint density at radius 2 is 2.43 bits per heavy atom. The summed E-state index contributed by atoms with van der Waals surface area (Å²) >= 11 is 4.06. The van der Waals surface area contributed by atoms with Crippen molar-refractivity contribution in [1.29, 1.82) is 0 Å². The second-order valence-electron chi connectivity index (χ2n) is 1.52. The summed E-state index contributed by atoms with van der Waals surface area (Å²) in [5, 5.41) is 0. The molecule has 0 spiro atoms. The van der Waals surface area contributed by atoms with E-state index in [0.717, 1.165) is 17.0 Å². The van der Waals surface area contributed by atoms with E-state index in [-0.39, 0.29) is 0 Å². The number of hydrogen-bond acceptors (Lipinski definition) is 2. The molecule has 0 aliphatic heterocycles. The summed E-state index contributed by atoms with van der Waals surface area (Å²) in [4.78, 5) is 0.917. The molecule has 0 saturated heterocycles. The van der Waals surface area contributed by atoms with Gasteiger partial charge >= 0.3 is 0 Å². The van der Waals surface area contributed by atoms with Crippen molar-refractivity contribution in [3.8, 4) is 0 Å². The van der Waals surface area contributed by atoms with Crippen molar-refractivity contribution in [2.24, 2.45) is 5.73 Å².